The van der Waals surface area contributed by atoms with Gasteiger partial charge in [-0.15, -0.1) is 10.2 Å². The first-order chi connectivity index (χ1) is 16.0. The maximum Gasteiger partial charge on any atom is 0.470 e. The van der Waals surface area contributed by atoms with E-state index in [0.717, 1.165) is 0 Å². The number of aromatic nitrogens is 2. The Morgan fingerprint density at radius 2 is 1.62 bits per heavy atom. The third kappa shape index (κ3) is 5.35. The smallest absolute Gasteiger partial charge is 0.413 e. The Kier molecular flexibility index (Phi) is 6.30. The van der Waals surface area contributed by atoms with Crippen molar-refractivity contribution in [2.24, 2.45) is 0 Å². The van der Waals surface area contributed by atoms with Gasteiger partial charge in [-0.1, -0.05) is 12.1 Å². The van der Waals surface area contributed by atoms with E-state index in [1.165, 1.54) is 46.2 Å². The topological polar surface area (TPSA) is 96.6 Å². The molecule has 2 heterocycles. The molecule has 0 atom stereocenters. The summed E-state index contributed by atoms with van der Waals surface area (Å²) in [5.41, 5.74) is 1.27. The molecule has 1 fully saturated rings. The van der Waals surface area contributed by atoms with Crippen molar-refractivity contribution in [3.63, 3.8) is 0 Å². The van der Waals surface area contributed by atoms with Gasteiger partial charge in [-0.25, -0.2) is 17.6 Å². The number of urea groups is 1. The van der Waals surface area contributed by atoms with Crippen LogP contribution >= 0.6 is 0 Å². The number of hydrogen-bond acceptors (Lipinski definition) is 6. The number of carbonyl (C=O) groups excluding carboxylic acids is 1. The zero-order chi connectivity index (χ0) is 24.5. The number of nitrogens with zero attached hydrogens (tertiary/aromatic N) is 4. The van der Waals surface area contributed by atoms with Crippen molar-refractivity contribution in [3.05, 3.63) is 65.8 Å². The summed E-state index contributed by atoms with van der Waals surface area (Å²) in [5, 5.41) is 6.40. The number of benzene rings is 2. The zero-order valence-corrected chi connectivity index (χ0v) is 18.3. The largest absolute Gasteiger partial charge is 0.470 e. The minimum atomic E-state index is -4.75. The Bertz CT molecular complexity index is 1260. The monoisotopic (exact) mass is 498 g/mol. The average molecular weight is 498 g/mol. The van der Waals surface area contributed by atoms with E-state index in [9.17, 15) is 30.8 Å². The van der Waals surface area contributed by atoms with Crippen LogP contribution in [0.5, 0.6) is 0 Å². The molecule has 0 saturated carbocycles. The fourth-order valence-corrected chi connectivity index (χ4v) is 4.56. The van der Waals surface area contributed by atoms with Crippen LogP contribution < -0.4 is 4.90 Å². The number of sulfone groups is 1. The zero-order valence-electron chi connectivity index (χ0n) is 17.5. The summed E-state index contributed by atoms with van der Waals surface area (Å²) in [4.78, 5) is 16.0. The number of halogens is 4. The van der Waals surface area contributed by atoms with E-state index in [1.807, 2.05) is 0 Å². The lowest BCUT2D eigenvalue weighted by Crippen LogP contribution is -2.49. The number of alkyl halides is 3. The molecule has 0 spiro atoms. The second-order valence-corrected chi connectivity index (χ2v) is 9.89. The van der Waals surface area contributed by atoms with Crippen molar-refractivity contribution in [2.45, 2.75) is 12.7 Å². The van der Waals surface area contributed by atoms with Gasteiger partial charge in [-0.05, 0) is 42.0 Å². The van der Waals surface area contributed by atoms with Crippen LogP contribution in [-0.4, -0.2) is 54.1 Å². The van der Waals surface area contributed by atoms with Crippen LogP contribution in [0.15, 0.2) is 52.9 Å². The standard InChI is InChI=1S/C21H18F4N4O4S/c22-16-5-7-17(8-6-16)29(20(30)28-9-11-34(31,32)12-10-28)13-14-1-3-15(4-2-14)18-26-27-19(33-18)21(23,24)25/h1-8H,9-13H2. The third-order valence-corrected chi connectivity index (χ3v) is 6.80. The van der Waals surface area contributed by atoms with Crippen LogP contribution in [0.1, 0.15) is 11.5 Å². The van der Waals surface area contributed by atoms with E-state index in [-0.39, 0.29) is 42.6 Å². The van der Waals surface area contributed by atoms with Gasteiger partial charge in [-0.2, -0.15) is 13.2 Å². The minimum absolute atomic E-state index is 0.0382. The third-order valence-electron chi connectivity index (χ3n) is 5.19. The molecule has 1 saturated heterocycles. The summed E-state index contributed by atoms with van der Waals surface area (Å²) in [5.74, 6) is -2.53. The highest BCUT2D eigenvalue weighted by atomic mass is 32.2. The lowest BCUT2D eigenvalue weighted by molar-refractivity contribution is -0.156. The molecule has 2 amide bonds. The molecular formula is C21H18F4N4O4S. The molecule has 1 aliphatic rings. The minimum Gasteiger partial charge on any atom is -0.413 e. The predicted octanol–water partition coefficient (Wildman–Crippen LogP) is 3.75. The number of anilines is 1. The van der Waals surface area contributed by atoms with Crippen molar-refractivity contribution in [3.8, 4) is 11.5 Å². The van der Waals surface area contributed by atoms with Gasteiger partial charge >= 0.3 is 18.1 Å². The van der Waals surface area contributed by atoms with Crippen LogP contribution in [0.2, 0.25) is 0 Å². The maximum atomic E-state index is 13.4. The molecule has 0 N–H and O–H groups in total. The van der Waals surface area contributed by atoms with Gasteiger partial charge in [0.1, 0.15) is 5.82 Å². The molecule has 34 heavy (non-hydrogen) atoms. The van der Waals surface area contributed by atoms with Crippen LogP contribution in [0.25, 0.3) is 11.5 Å². The summed E-state index contributed by atoms with van der Waals surface area (Å²) in [6.45, 7) is 0.124. The highest BCUT2D eigenvalue weighted by molar-refractivity contribution is 7.91. The first kappa shape index (κ1) is 23.7. The normalized spacial score (nSPS) is 15.8. The van der Waals surface area contributed by atoms with Crippen LogP contribution in [0.3, 0.4) is 0 Å². The Morgan fingerprint density at radius 1 is 1.00 bits per heavy atom. The summed E-state index contributed by atoms with van der Waals surface area (Å²) < 4.78 is 79.6. The molecule has 3 aromatic rings. The molecule has 0 radical (unpaired) electrons. The maximum absolute atomic E-state index is 13.4. The van der Waals surface area contributed by atoms with Crippen molar-refractivity contribution in [2.75, 3.05) is 29.5 Å². The SMILES string of the molecule is O=C(N1CCS(=O)(=O)CC1)N(Cc1ccc(-c2nnc(C(F)(F)F)o2)cc1)c1ccc(F)cc1. The quantitative estimate of drug-likeness (QED) is 0.509. The number of rotatable bonds is 4. The van der Waals surface area contributed by atoms with Gasteiger partial charge in [0, 0.05) is 24.3 Å². The van der Waals surface area contributed by atoms with Gasteiger partial charge in [0.2, 0.25) is 5.89 Å². The molecule has 1 aliphatic heterocycles. The summed E-state index contributed by atoms with van der Waals surface area (Å²) in [6.07, 6.45) is -4.75. The van der Waals surface area contributed by atoms with Crippen molar-refractivity contribution in [1.29, 1.82) is 0 Å². The molecule has 0 bridgehead atoms. The first-order valence-corrected chi connectivity index (χ1v) is 11.9. The molecular weight excluding hydrogens is 480 g/mol. The van der Waals surface area contributed by atoms with E-state index >= 15 is 0 Å². The van der Waals surface area contributed by atoms with Gasteiger partial charge in [-0.3, -0.25) is 4.90 Å². The Hall–Kier alpha value is -3.48. The Labute approximate surface area is 191 Å². The van der Waals surface area contributed by atoms with Crippen LogP contribution in [0.4, 0.5) is 28.0 Å². The number of carbonyl (C=O) groups is 1. The highest BCUT2D eigenvalue weighted by Gasteiger charge is 2.38. The predicted molar refractivity (Wildman–Crippen MR) is 113 cm³/mol. The fraction of sp³-hybridized carbons (Fsp3) is 0.286. The van der Waals surface area contributed by atoms with E-state index < -0.39 is 33.8 Å². The Morgan fingerprint density at radius 3 is 2.18 bits per heavy atom. The lowest BCUT2D eigenvalue weighted by atomic mass is 10.1. The van der Waals surface area contributed by atoms with Gasteiger partial charge in [0.25, 0.3) is 0 Å². The van der Waals surface area contributed by atoms with Crippen LogP contribution in [-0.2, 0) is 22.6 Å². The van der Waals surface area contributed by atoms with Crippen LogP contribution in [0, 0.1) is 5.82 Å². The molecule has 180 valence electrons. The number of hydrogen-bond donors (Lipinski definition) is 0. The molecule has 1 aromatic heterocycles. The summed E-state index contributed by atoms with van der Waals surface area (Å²) in [7, 11) is -3.20. The highest BCUT2D eigenvalue weighted by Crippen LogP contribution is 2.30. The van der Waals surface area contributed by atoms with Crippen molar-refractivity contribution < 1.29 is 35.2 Å². The second kappa shape index (κ2) is 9.05. The van der Waals surface area contributed by atoms with E-state index in [4.69, 9.17) is 0 Å². The fourth-order valence-electron chi connectivity index (χ4n) is 3.35. The molecule has 4 rings (SSSR count). The van der Waals surface area contributed by atoms with Crippen molar-refractivity contribution >= 4 is 21.6 Å². The molecule has 0 aliphatic carbocycles. The van der Waals surface area contributed by atoms with Gasteiger partial charge in [0.05, 0.1) is 18.1 Å². The number of amides is 2. The lowest BCUT2D eigenvalue weighted by Gasteiger charge is -2.33. The molecule has 2 aromatic carbocycles. The van der Waals surface area contributed by atoms with Crippen molar-refractivity contribution in [1.82, 2.24) is 15.1 Å². The van der Waals surface area contributed by atoms with E-state index in [1.54, 1.807) is 12.1 Å². The second-order valence-electron chi connectivity index (χ2n) is 7.59. The van der Waals surface area contributed by atoms with E-state index in [0.29, 0.717) is 11.3 Å². The van der Waals surface area contributed by atoms with Gasteiger partial charge < -0.3 is 9.32 Å². The van der Waals surface area contributed by atoms with E-state index in [2.05, 4.69) is 14.6 Å². The summed E-state index contributed by atoms with van der Waals surface area (Å²) >= 11 is 0. The summed E-state index contributed by atoms with van der Waals surface area (Å²) in [6, 6.07) is 10.9. The molecule has 13 heteroatoms. The molecule has 8 nitrogen and oxygen atoms in total. The molecule has 0 unspecified atom stereocenters. The van der Waals surface area contributed by atoms with Gasteiger partial charge in [0.15, 0.2) is 9.84 Å². The average Bonchev–Trinajstić information content (AvgIpc) is 3.29. The Balaban J connectivity index is 1.56. The first-order valence-electron chi connectivity index (χ1n) is 10.0.